The van der Waals surface area contributed by atoms with Crippen molar-refractivity contribution < 1.29 is 19.4 Å². The first-order valence-corrected chi connectivity index (χ1v) is 5.30. The summed E-state index contributed by atoms with van der Waals surface area (Å²) >= 11 is 1.12. The topological polar surface area (TPSA) is 89.6 Å². The molecule has 0 aliphatic heterocycles. The smallest absolute Gasteiger partial charge is 0.323 e. The molecule has 0 saturated heterocycles. The summed E-state index contributed by atoms with van der Waals surface area (Å²) < 4.78 is 4.67. The minimum atomic E-state index is -0.911. The van der Waals surface area contributed by atoms with Crippen molar-refractivity contribution in [3.63, 3.8) is 0 Å². The zero-order valence-corrected chi connectivity index (χ0v) is 9.04. The highest BCUT2D eigenvalue weighted by molar-refractivity contribution is 8.00. The number of thioether (sulfide) groups is 1. The number of ether oxygens (including phenoxy) is 1. The molecular formula is C8H15NO4S. The highest BCUT2D eigenvalue weighted by atomic mass is 32.2. The normalized spacial score (nSPS) is 14.5. The molecule has 5 nitrogen and oxygen atoms in total. The monoisotopic (exact) mass is 221 g/mol. The molecule has 0 saturated carbocycles. The Morgan fingerprint density at radius 3 is 2.57 bits per heavy atom. The van der Waals surface area contributed by atoms with Gasteiger partial charge in [-0.2, -0.15) is 0 Å². The van der Waals surface area contributed by atoms with Crippen molar-refractivity contribution in [3.8, 4) is 0 Å². The van der Waals surface area contributed by atoms with Crippen LogP contribution in [0.3, 0.4) is 0 Å². The van der Waals surface area contributed by atoms with Gasteiger partial charge in [0.2, 0.25) is 0 Å². The van der Waals surface area contributed by atoms with Crippen molar-refractivity contribution >= 4 is 23.7 Å². The van der Waals surface area contributed by atoms with E-state index in [1.165, 1.54) is 0 Å². The molecule has 3 N–H and O–H groups in total. The Bertz CT molecular complexity index is 210. The van der Waals surface area contributed by atoms with E-state index in [2.05, 4.69) is 4.74 Å². The van der Waals surface area contributed by atoms with E-state index in [-0.39, 0.29) is 12.4 Å². The fourth-order valence-electron chi connectivity index (χ4n) is 0.637. The van der Waals surface area contributed by atoms with E-state index in [1.54, 1.807) is 13.8 Å². The molecule has 0 rings (SSSR count). The van der Waals surface area contributed by atoms with Gasteiger partial charge in [0.05, 0.1) is 11.9 Å². The van der Waals surface area contributed by atoms with E-state index in [9.17, 15) is 9.59 Å². The lowest BCUT2D eigenvalue weighted by atomic mass is 10.4. The van der Waals surface area contributed by atoms with Crippen molar-refractivity contribution in [2.45, 2.75) is 25.1 Å². The molecule has 82 valence electrons. The lowest BCUT2D eigenvalue weighted by Crippen LogP contribution is -2.35. The molecule has 0 bridgehead atoms. The van der Waals surface area contributed by atoms with Crippen LogP contribution in [0.4, 0.5) is 0 Å². The van der Waals surface area contributed by atoms with Gasteiger partial charge in [-0.25, -0.2) is 0 Å². The van der Waals surface area contributed by atoms with Gasteiger partial charge in [-0.3, -0.25) is 9.59 Å². The predicted molar refractivity (Wildman–Crippen MR) is 54.2 cm³/mol. The number of nitrogens with two attached hydrogens (primary N) is 1. The van der Waals surface area contributed by atoms with E-state index in [0.29, 0.717) is 0 Å². The van der Waals surface area contributed by atoms with Crippen LogP contribution in [-0.2, 0) is 14.3 Å². The predicted octanol–water partition coefficient (Wildman–Crippen LogP) is 0.0831. The molecule has 0 aliphatic rings. The van der Waals surface area contributed by atoms with Crippen LogP contribution < -0.4 is 5.73 Å². The molecule has 0 aromatic carbocycles. The highest BCUT2D eigenvalue weighted by Crippen LogP contribution is 2.11. The molecule has 2 atom stereocenters. The lowest BCUT2D eigenvalue weighted by molar-refractivity contribution is -0.144. The Morgan fingerprint density at radius 2 is 2.14 bits per heavy atom. The van der Waals surface area contributed by atoms with Crippen LogP contribution in [0.1, 0.15) is 13.8 Å². The average Bonchev–Trinajstić information content (AvgIpc) is 2.13. The van der Waals surface area contributed by atoms with E-state index in [4.69, 9.17) is 10.8 Å². The Morgan fingerprint density at radius 1 is 1.57 bits per heavy atom. The summed E-state index contributed by atoms with van der Waals surface area (Å²) in [4.78, 5) is 21.4. The molecule has 0 aromatic heterocycles. The molecule has 0 aromatic rings. The van der Waals surface area contributed by atoms with Crippen LogP contribution in [0.25, 0.3) is 0 Å². The Balaban J connectivity index is 3.78. The summed E-state index contributed by atoms with van der Waals surface area (Å²) in [5.74, 6) is -1.14. The van der Waals surface area contributed by atoms with Gasteiger partial charge >= 0.3 is 11.9 Å². The molecule has 0 radical (unpaired) electrons. The van der Waals surface area contributed by atoms with Gasteiger partial charge in [0.15, 0.2) is 0 Å². The molecule has 0 aliphatic carbocycles. The van der Waals surface area contributed by atoms with E-state index < -0.39 is 23.2 Å². The first-order chi connectivity index (χ1) is 6.49. The molecule has 0 spiro atoms. The largest absolute Gasteiger partial charge is 0.480 e. The molecular weight excluding hydrogens is 206 g/mol. The number of hydrogen-bond donors (Lipinski definition) is 2. The van der Waals surface area contributed by atoms with Crippen LogP contribution in [-0.4, -0.2) is 40.7 Å². The van der Waals surface area contributed by atoms with Gasteiger partial charge in [-0.05, 0) is 13.8 Å². The summed E-state index contributed by atoms with van der Waals surface area (Å²) in [5.41, 5.74) is 5.46. The number of aliphatic carboxylic acids is 1. The number of carbonyl (C=O) groups is 2. The average molecular weight is 221 g/mol. The van der Waals surface area contributed by atoms with Crippen molar-refractivity contribution in [3.05, 3.63) is 0 Å². The minimum absolute atomic E-state index is 0.256. The number of esters is 1. The van der Waals surface area contributed by atoms with E-state index in [1.807, 2.05) is 0 Å². The summed E-state index contributed by atoms with van der Waals surface area (Å²) in [5, 5.41) is 8.00. The van der Waals surface area contributed by atoms with Gasteiger partial charge in [0.1, 0.15) is 6.04 Å². The second-order valence-electron chi connectivity index (χ2n) is 2.67. The standard InChI is InChI=1S/C8H15NO4S/c1-3-13-8(12)6(9)4-14-5(2)7(10)11/h5-6H,3-4,9H2,1-2H3,(H,10,11). The third-order valence-corrected chi connectivity index (χ3v) is 2.72. The Kier molecular flexibility index (Phi) is 6.31. The second-order valence-corrected chi connectivity index (χ2v) is 4.05. The van der Waals surface area contributed by atoms with Crippen LogP contribution in [0.2, 0.25) is 0 Å². The number of carboxylic acids is 1. The van der Waals surface area contributed by atoms with Gasteiger partial charge in [-0.15, -0.1) is 11.8 Å². The molecule has 0 amide bonds. The van der Waals surface area contributed by atoms with Crippen molar-refractivity contribution in [1.82, 2.24) is 0 Å². The van der Waals surface area contributed by atoms with E-state index in [0.717, 1.165) is 11.8 Å². The Hall–Kier alpha value is -0.750. The van der Waals surface area contributed by atoms with Crippen LogP contribution in [0, 0.1) is 0 Å². The third kappa shape index (κ3) is 5.08. The van der Waals surface area contributed by atoms with Crippen molar-refractivity contribution in [2.24, 2.45) is 5.73 Å². The first-order valence-electron chi connectivity index (χ1n) is 4.25. The van der Waals surface area contributed by atoms with Crippen LogP contribution in [0.15, 0.2) is 0 Å². The van der Waals surface area contributed by atoms with Gasteiger partial charge < -0.3 is 15.6 Å². The summed E-state index contributed by atoms with van der Waals surface area (Å²) in [6.07, 6.45) is 0. The highest BCUT2D eigenvalue weighted by Gasteiger charge is 2.18. The number of carboxylic acid groups (broad SMARTS) is 1. The lowest BCUT2D eigenvalue weighted by Gasteiger charge is -2.11. The number of hydrogen-bond acceptors (Lipinski definition) is 5. The molecule has 6 heteroatoms. The fourth-order valence-corrected chi connectivity index (χ4v) is 1.41. The fraction of sp³-hybridized carbons (Fsp3) is 0.750. The summed E-state index contributed by atoms with van der Waals surface area (Å²) in [7, 11) is 0. The molecule has 0 heterocycles. The maximum atomic E-state index is 11.0. The third-order valence-electron chi connectivity index (χ3n) is 1.46. The van der Waals surface area contributed by atoms with Crippen molar-refractivity contribution in [1.29, 1.82) is 0 Å². The maximum absolute atomic E-state index is 11.0. The second kappa shape index (κ2) is 6.67. The van der Waals surface area contributed by atoms with Gasteiger partial charge in [0, 0.05) is 5.75 Å². The van der Waals surface area contributed by atoms with Gasteiger partial charge in [0.25, 0.3) is 0 Å². The summed E-state index contributed by atoms with van der Waals surface area (Å²) in [6.45, 7) is 3.52. The minimum Gasteiger partial charge on any atom is -0.480 e. The SMILES string of the molecule is CCOC(=O)C(N)CSC(C)C(=O)O. The van der Waals surface area contributed by atoms with Gasteiger partial charge in [-0.1, -0.05) is 0 Å². The molecule has 2 unspecified atom stereocenters. The van der Waals surface area contributed by atoms with Crippen molar-refractivity contribution in [2.75, 3.05) is 12.4 Å². The van der Waals surface area contributed by atoms with E-state index >= 15 is 0 Å². The van der Waals surface area contributed by atoms with Crippen LogP contribution in [0.5, 0.6) is 0 Å². The van der Waals surface area contributed by atoms with Crippen LogP contribution >= 0.6 is 11.8 Å². The Labute approximate surface area is 87.0 Å². The quantitative estimate of drug-likeness (QED) is 0.617. The zero-order chi connectivity index (χ0) is 11.1. The molecule has 0 fully saturated rings. The maximum Gasteiger partial charge on any atom is 0.323 e. The number of carbonyl (C=O) groups excluding carboxylic acids is 1. The number of rotatable bonds is 6. The molecule has 14 heavy (non-hydrogen) atoms. The summed E-state index contributed by atoms with van der Waals surface area (Å²) in [6, 6.07) is -0.748. The zero-order valence-electron chi connectivity index (χ0n) is 8.23. The first kappa shape index (κ1) is 13.2.